The molecule has 0 radical (unpaired) electrons. The Bertz CT molecular complexity index is 343. The summed E-state index contributed by atoms with van der Waals surface area (Å²) in [7, 11) is 0. The molecule has 1 fully saturated rings. The first-order valence-corrected chi connectivity index (χ1v) is 6.08. The summed E-state index contributed by atoms with van der Waals surface area (Å²) in [5.41, 5.74) is 5.02. The third kappa shape index (κ3) is 1.71. The van der Waals surface area contributed by atoms with Crippen molar-refractivity contribution in [3.63, 3.8) is 0 Å². The fraction of sp³-hybridized carbons (Fsp3) is 0.600. The highest BCUT2D eigenvalue weighted by atomic mass is 14.4. The second-order valence-electron chi connectivity index (χ2n) is 5.50. The Labute approximate surface area is 93.8 Å². The monoisotopic (exact) mass is 202 g/mol. The van der Waals surface area contributed by atoms with Crippen molar-refractivity contribution in [3.05, 3.63) is 35.5 Å². The summed E-state index contributed by atoms with van der Waals surface area (Å²) >= 11 is 0. The maximum atomic E-state index is 4.20. The lowest BCUT2D eigenvalue weighted by Gasteiger charge is -2.34. The second-order valence-corrected chi connectivity index (χ2v) is 5.50. The standard InChI is InChI=1S/C15H22/c1-11-5-7-14(8-6-11)15(4)10-9-12(2)13(15)3/h5,7,13H,2,6,8-10H2,1,3-4H3/t13-,15+/m1/s1. The van der Waals surface area contributed by atoms with Gasteiger partial charge >= 0.3 is 0 Å². The van der Waals surface area contributed by atoms with Crippen LogP contribution in [0.2, 0.25) is 0 Å². The minimum Gasteiger partial charge on any atom is -0.0996 e. The molecule has 2 aliphatic rings. The molecule has 0 spiro atoms. The maximum absolute atomic E-state index is 4.20. The Morgan fingerprint density at radius 2 is 2.00 bits per heavy atom. The van der Waals surface area contributed by atoms with Gasteiger partial charge in [-0.3, -0.25) is 0 Å². The van der Waals surface area contributed by atoms with Gasteiger partial charge < -0.3 is 0 Å². The van der Waals surface area contributed by atoms with Crippen LogP contribution in [0.3, 0.4) is 0 Å². The molecule has 2 atom stereocenters. The Balaban J connectivity index is 2.27. The summed E-state index contributed by atoms with van der Waals surface area (Å²) in [6.45, 7) is 11.2. The van der Waals surface area contributed by atoms with E-state index in [1.165, 1.54) is 36.8 Å². The van der Waals surface area contributed by atoms with Crippen LogP contribution in [0.4, 0.5) is 0 Å². The van der Waals surface area contributed by atoms with Gasteiger partial charge in [0.05, 0.1) is 0 Å². The minimum atomic E-state index is 0.397. The van der Waals surface area contributed by atoms with Gasteiger partial charge in [0.15, 0.2) is 0 Å². The van der Waals surface area contributed by atoms with Crippen LogP contribution >= 0.6 is 0 Å². The van der Waals surface area contributed by atoms with Crippen LogP contribution in [-0.2, 0) is 0 Å². The van der Waals surface area contributed by atoms with Crippen LogP contribution in [0.15, 0.2) is 35.5 Å². The molecular formula is C15H22. The molecule has 15 heavy (non-hydrogen) atoms. The highest BCUT2D eigenvalue weighted by Gasteiger charge is 2.40. The van der Waals surface area contributed by atoms with Gasteiger partial charge in [0.1, 0.15) is 0 Å². The summed E-state index contributed by atoms with van der Waals surface area (Å²) in [5, 5.41) is 0. The van der Waals surface area contributed by atoms with E-state index in [2.05, 4.69) is 39.5 Å². The van der Waals surface area contributed by atoms with Gasteiger partial charge in [-0.15, -0.1) is 0 Å². The minimum absolute atomic E-state index is 0.397. The van der Waals surface area contributed by atoms with Crippen molar-refractivity contribution in [1.29, 1.82) is 0 Å². The Morgan fingerprint density at radius 1 is 1.27 bits per heavy atom. The van der Waals surface area contributed by atoms with E-state index >= 15 is 0 Å². The highest BCUT2D eigenvalue weighted by Crippen LogP contribution is 2.52. The average Bonchev–Trinajstić information content (AvgIpc) is 2.48. The fourth-order valence-corrected chi connectivity index (χ4v) is 2.96. The lowest BCUT2D eigenvalue weighted by atomic mass is 9.71. The zero-order valence-corrected chi connectivity index (χ0v) is 10.3. The van der Waals surface area contributed by atoms with Crippen molar-refractivity contribution in [2.45, 2.75) is 46.5 Å². The van der Waals surface area contributed by atoms with E-state index in [9.17, 15) is 0 Å². The predicted molar refractivity (Wildman–Crippen MR) is 66.7 cm³/mol. The Morgan fingerprint density at radius 3 is 2.47 bits per heavy atom. The van der Waals surface area contributed by atoms with Gasteiger partial charge in [0.2, 0.25) is 0 Å². The molecule has 0 aromatic heterocycles. The molecule has 82 valence electrons. The predicted octanol–water partition coefficient (Wildman–Crippen LogP) is 4.65. The molecule has 1 saturated carbocycles. The van der Waals surface area contributed by atoms with E-state index in [-0.39, 0.29) is 0 Å². The topological polar surface area (TPSA) is 0 Å². The van der Waals surface area contributed by atoms with E-state index in [1.807, 2.05) is 0 Å². The summed E-state index contributed by atoms with van der Waals surface area (Å²) in [6, 6.07) is 0. The first-order valence-electron chi connectivity index (χ1n) is 6.08. The zero-order chi connectivity index (χ0) is 11.1. The number of hydrogen-bond donors (Lipinski definition) is 0. The molecule has 0 heteroatoms. The van der Waals surface area contributed by atoms with Crippen LogP contribution in [0, 0.1) is 11.3 Å². The van der Waals surface area contributed by atoms with E-state index in [0.29, 0.717) is 11.3 Å². The summed E-state index contributed by atoms with van der Waals surface area (Å²) in [6.07, 6.45) is 9.70. The molecular weight excluding hydrogens is 180 g/mol. The SMILES string of the molecule is C=C1CC[C@](C)(C2=CC=C(C)CC2)[C@@H]1C. The second kappa shape index (κ2) is 3.66. The van der Waals surface area contributed by atoms with Crippen LogP contribution in [0.5, 0.6) is 0 Å². The van der Waals surface area contributed by atoms with Gasteiger partial charge in [-0.05, 0) is 43.9 Å². The quantitative estimate of drug-likeness (QED) is 0.543. The lowest BCUT2D eigenvalue weighted by molar-refractivity contribution is 0.317. The van der Waals surface area contributed by atoms with E-state index in [0.717, 1.165) is 0 Å². The van der Waals surface area contributed by atoms with E-state index in [4.69, 9.17) is 0 Å². The van der Waals surface area contributed by atoms with Gasteiger partial charge in [0.25, 0.3) is 0 Å². The Kier molecular flexibility index (Phi) is 2.62. The summed E-state index contributed by atoms with van der Waals surface area (Å²) < 4.78 is 0. The molecule has 2 aliphatic carbocycles. The van der Waals surface area contributed by atoms with Crippen molar-refractivity contribution in [2.75, 3.05) is 0 Å². The smallest absolute Gasteiger partial charge is 0.00475 e. The van der Waals surface area contributed by atoms with Crippen molar-refractivity contribution in [3.8, 4) is 0 Å². The van der Waals surface area contributed by atoms with Gasteiger partial charge in [-0.2, -0.15) is 0 Å². The molecule has 0 N–H and O–H groups in total. The maximum Gasteiger partial charge on any atom is -0.00475 e. The largest absolute Gasteiger partial charge is 0.0996 e. The number of hydrogen-bond acceptors (Lipinski definition) is 0. The van der Waals surface area contributed by atoms with Crippen molar-refractivity contribution in [1.82, 2.24) is 0 Å². The van der Waals surface area contributed by atoms with E-state index < -0.39 is 0 Å². The first-order chi connectivity index (χ1) is 7.04. The van der Waals surface area contributed by atoms with Gasteiger partial charge in [-0.25, -0.2) is 0 Å². The van der Waals surface area contributed by atoms with Crippen LogP contribution in [0.25, 0.3) is 0 Å². The molecule has 0 aliphatic heterocycles. The average molecular weight is 202 g/mol. The third-order valence-electron chi connectivity index (χ3n) is 4.62. The zero-order valence-electron chi connectivity index (χ0n) is 10.3. The molecule has 0 bridgehead atoms. The molecule has 2 rings (SSSR count). The van der Waals surface area contributed by atoms with Crippen molar-refractivity contribution >= 4 is 0 Å². The van der Waals surface area contributed by atoms with Gasteiger partial charge in [-0.1, -0.05) is 49.3 Å². The number of allylic oxidation sites excluding steroid dienone is 5. The molecule has 0 unspecified atom stereocenters. The molecule has 0 heterocycles. The van der Waals surface area contributed by atoms with Crippen LogP contribution in [-0.4, -0.2) is 0 Å². The summed E-state index contributed by atoms with van der Waals surface area (Å²) in [5.74, 6) is 0.663. The Hall–Kier alpha value is -0.780. The van der Waals surface area contributed by atoms with Gasteiger partial charge in [0, 0.05) is 0 Å². The first kappa shape index (κ1) is 10.7. The highest BCUT2D eigenvalue weighted by molar-refractivity contribution is 5.32. The third-order valence-corrected chi connectivity index (χ3v) is 4.62. The van der Waals surface area contributed by atoms with Crippen molar-refractivity contribution < 1.29 is 0 Å². The van der Waals surface area contributed by atoms with Crippen LogP contribution in [0.1, 0.15) is 46.5 Å². The summed E-state index contributed by atoms with van der Waals surface area (Å²) in [4.78, 5) is 0. The molecule has 0 amide bonds. The molecule has 0 aromatic carbocycles. The normalized spacial score (nSPS) is 36.5. The van der Waals surface area contributed by atoms with Crippen LogP contribution < -0.4 is 0 Å². The lowest BCUT2D eigenvalue weighted by Crippen LogP contribution is -2.23. The molecule has 0 saturated heterocycles. The number of rotatable bonds is 1. The molecule has 0 nitrogen and oxygen atoms in total. The molecule has 0 aromatic rings. The van der Waals surface area contributed by atoms with E-state index in [1.54, 1.807) is 5.57 Å². The fourth-order valence-electron chi connectivity index (χ4n) is 2.96. The van der Waals surface area contributed by atoms with Crippen molar-refractivity contribution in [2.24, 2.45) is 11.3 Å².